The van der Waals surface area contributed by atoms with Crippen LogP contribution in [0.25, 0.3) is 0 Å². The molecule has 2 atom stereocenters. The molecule has 2 unspecified atom stereocenters. The summed E-state index contributed by atoms with van der Waals surface area (Å²) >= 11 is 0. The zero-order valence-corrected chi connectivity index (χ0v) is 10.3. The predicted molar refractivity (Wildman–Crippen MR) is 64.2 cm³/mol. The van der Waals surface area contributed by atoms with Gasteiger partial charge >= 0.3 is 0 Å². The van der Waals surface area contributed by atoms with Crippen molar-refractivity contribution in [1.29, 1.82) is 5.26 Å². The minimum Gasteiger partial charge on any atom is -0.381 e. The molecular formula is C12H19N3O2. The molecule has 1 fully saturated rings. The van der Waals surface area contributed by atoms with Crippen molar-refractivity contribution in [3.63, 3.8) is 0 Å². The first kappa shape index (κ1) is 13.7. The van der Waals surface area contributed by atoms with Crippen molar-refractivity contribution >= 4 is 5.91 Å². The average molecular weight is 237 g/mol. The van der Waals surface area contributed by atoms with Crippen LogP contribution in [0.4, 0.5) is 0 Å². The van der Waals surface area contributed by atoms with Gasteiger partial charge in [0.25, 0.3) is 0 Å². The van der Waals surface area contributed by atoms with E-state index in [0.29, 0.717) is 19.8 Å². The number of nitrogens with one attached hydrogen (secondary N) is 1. The van der Waals surface area contributed by atoms with Gasteiger partial charge in [-0.25, -0.2) is 0 Å². The number of nitrogens with zero attached hydrogens (tertiary/aromatic N) is 2. The molecule has 94 valence electrons. The molecule has 5 heteroatoms. The SMILES string of the molecule is CN(C)C/C=C/C(=O)NC(C#N)C1CCOC1. The predicted octanol–water partition coefficient (Wildman–Crippen LogP) is 0.149. The van der Waals surface area contributed by atoms with Crippen molar-refractivity contribution in [3.05, 3.63) is 12.2 Å². The maximum atomic E-state index is 11.5. The van der Waals surface area contributed by atoms with E-state index in [-0.39, 0.29) is 11.8 Å². The number of nitriles is 1. The molecule has 1 aliphatic rings. The second-order valence-corrected chi connectivity index (χ2v) is 4.40. The van der Waals surface area contributed by atoms with Gasteiger partial charge in [-0.05, 0) is 20.5 Å². The molecule has 1 heterocycles. The molecule has 0 aromatic carbocycles. The van der Waals surface area contributed by atoms with Crippen LogP contribution >= 0.6 is 0 Å². The van der Waals surface area contributed by atoms with Gasteiger partial charge < -0.3 is 15.0 Å². The first-order chi connectivity index (χ1) is 8.13. The van der Waals surface area contributed by atoms with Crippen LogP contribution in [0.3, 0.4) is 0 Å². The van der Waals surface area contributed by atoms with Gasteiger partial charge in [0, 0.05) is 25.1 Å². The highest BCUT2D eigenvalue weighted by Crippen LogP contribution is 2.16. The molecular weight excluding hydrogens is 218 g/mol. The standard InChI is InChI=1S/C12H19N3O2/c1-15(2)6-3-4-12(16)14-11(8-13)10-5-7-17-9-10/h3-4,10-11H,5-7,9H2,1-2H3,(H,14,16)/b4-3+. The van der Waals surface area contributed by atoms with Gasteiger partial charge in [0.05, 0.1) is 12.7 Å². The van der Waals surface area contributed by atoms with Crippen LogP contribution < -0.4 is 5.32 Å². The summed E-state index contributed by atoms with van der Waals surface area (Å²) in [6.07, 6.45) is 4.08. The van der Waals surface area contributed by atoms with Crippen molar-refractivity contribution in [3.8, 4) is 6.07 Å². The number of hydrogen-bond acceptors (Lipinski definition) is 4. The summed E-state index contributed by atoms with van der Waals surface area (Å²) in [6, 6.07) is 1.67. The first-order valence-corrected chi connectivity index (χ1v) is 5.72. The average Bonchev–Trinajstić information content (AvgIpc) is 2.78. The van der Waals surface area contributed by atoms with E-state index in [0.717, 1.165) is 6.42 Å². The summed E-state index contributed by atoms with van der Waals surface area (Å²) in [5.41, 5.74) is 0. The Labute approximate surface area is 102 Å². The smallest absolute Gasteiger partial charge is 0.244 e. The van der Waals surface area contributed by atoms with E-state index in [1.165, 1.54) is 6.08 Å². The monoisotopic (exact) mass is 237 g/mol. The molecule has 0 aromatic rings. The Morgan fingerprint density at radius 3 is 3.00 bits per heavy atom. The molecule has 0 spiro atoms. The minimum atomic E-state index is -0.450. The summed E-state index contributed by atoms with van der Waals surface area (Å²) in [4.78, 5) is 13.5. The lowest BCUT2D eigenvalue weighted by Gasteiger charge is -2.15. The zero-order chi connectivity index (χ0) is 12.7. The Kier molecular flexibility index (Phi) is 5.67. The summed E-state index contributed by atoms with van der Waals surface area (Å²) in [5.74, 6) is -0.100. The normalized spacial score (nSPS) is 21.6. The largest absolute Gasteiger partial charge is 0.381 e. The highest BCUT2D eigenvalue weighted by molar-refractivity contribution is 5.87. The van der Waals surface area contributed by atoms with Gasteiger partial charge in [0.15, 0.2) is 0 Å². The second-order valence-electron chi connectivity index (χ2n) is 4.40. The molecule has 0 bridgehead atoms. The molecule has 1 rings (SSSR count). The van der Waals surface area contributed by atoms with Crippen LogP contribution in [-0.4, -0.2) is 50.7 Å². The molecule has 17 heavy (non-hydrogen) atoms. The summed E-state index contributed by atoms with van der Waals surface area (Å²) in [5, 5.41) is 11.7. The number of likely N-dealkylation sites (N-methyl/N-ethyl adjacent to an activating group) is 1. The first-order valence-electron chi connectivity index (χ1n) is 5.72. The van der Waals surface area contributed by atoms with Crippen LogP contribution in [0.15, 0.2) is 12.2 Å². The second kappa shape index (κ2) is 7.05. The lowest BCUT2D eigenvalue weighted by atomic mass is 10.0. The Bertz CT molecular complexity index is 314. The number of carbonyl (C=O) groups excluding carboxylic acids is 1. The molecule has 0 radical (unpaired) electrons. The fraction of sp³-hybridized carbons (Fsp3) is 0.667. The summed E-state index contributed by atoms with van der Waals surface area (Å²) in [6.45, 7) is 1.94. The number of carbonyl (C=O) groups is 1. The maximum absolute atomic E-state index is 11.5. The molecule has 1 saturated heterocycles. The van der Waals surface area contributed by atoms with Crippen molar-refractivity contribution < 1.29 is 9.53 Å². The lowest BCUT2D eigenvalue weighted by molar-refractivity contribution is -0.117. The molecule has 1 amide bonds. The van der Waals surface area contributed by atoms with Crippen molar-refractivity contribution in [2.75, 3.05) is 33.9 Å². The van der Waals surface area contributed by atoms with E-state index >= 15 is 0 Å². The van der Waals surface area contributed by atoms with E-state index in [1.54, 1.807) is 6.08 Å². The van der Waals surface area contributed by atoms with Gasteiger partial charge in [-0.3, -0.25) is 4.79 Å². The van der Waals surface area contributed by atoms with Crippen molar-refractivity contribution in [2.45, 2.75) is 12.5 Å². The Morgan fingerprint density at radius 1 is 1.71 bits per heavy atom. The molecule has 0 aromatic heterocycles. The van der Waals surface area contributed by atoms with Crippen LogP contribution in [0.5, 0.6) is 0 Å². The Balaban J connectivity index is 2.37. The molecule has 1 N–H and O–H groups in total. The minimum absolute atomic E-state index is 0.117. The van der Waals surface area contributed by atoms with Crippen LogP contribution in [0.2, 0.25) is 0 Å². The van der Waals surface area contributed by atoms with Gasteiger partial charge in [-0.1, -0.05) is 6.08 Å². The molecule has 0 aliphatic carbocycles. The molecule has 5 nitrogen and oxygen atoms in total. The van der Waals surface area contributed by atoms with Crippen LogP contribution in [-0.2, 0) is 9.53 Å². The highest BCUT2D eigenvalue weighted by atomic mass is 16.5. The topological polar surface area (TPSA) is 65.4 Å². The van der Waals surface area contributed by atoms with Gasteiger partial charge in [0.1, 0.15) is 6.04 Å². The van der Waals surface area contributed by atoms with Crippen molar-refractivity contribution in [1.82, 2.24) is 10.2 Å². The molecule has 0 saturated carbocycles. The fourth-order valence-electron chi connectivity index (χ4n) is 1.64. The number of amides is 1. The summed E-state index contributed by atoms with van der Waals surface area (Å²) in [7, 11) is 3.85. The lowest BCUT2D eigenvalue weighted by Crippen LogP contribution is -2.38. The third-order valence-electron chi connectivity index (χ3n) is 2.61. The van der Waals surface area contributed by atoms with Gasteiger partial charge in [-0.2, -0.15) is 5.26 Å². The highest BCUT2D eigenvalue weighted by Gasteiger charge is 2.26. The van der Waals surface area contributed by atoms with Gasteiger partial charge in [-0.15, -0.1) is 0 Å². The van der Waals surface area contributed by atoms with Crippen LogP contribution in [0.1, 0.15) is 6.42 Å². The van der Waals surface area contributed by atoms with Crippen molar-refractivity contribution in [2.24, 2.45) is 5.92 Å². The quantitative estimate of drug-likeness (QED) is 0.691. The van der Waals surface area contributed by atoms with Gasteiger partial charge in [0.2, 0.25) is 5.91 Å². The number of rotatable bonds is 5. The van der Waals surface area contributed by atoms with E-state index in [9.17, 15) is 4.79 Å². The Morgan fingerprint density at radius 2 is 2.47 bits per heavy atom. The third kappa shape index (κ3) is 4.98. The van der Waals surface area contributed by atoms with E-state index in [4.69, 9.17) is 10.00 Å². The van der Waals surface area contributed by atoms with E-state index < -0.39 is 6.04 Å². The number of hydrogen-bond donors (Lipinski definition) is 1. The number of ether oxygens (including phenoxy) is 1. The fourth-order valence-corrected chi connectivity index (χ4v) is 1.64. The molecule has 1 aliphatic heterocycles. The van der Waals surface area contributed by atoms with E-state index in [2.05, 4.69) is 11.4 Å². The maximum Gasteiger partial charge on any atom is 0.244 e. The summed E-state index contributed by atoms with van der Waals surface area (Å²) < 4.78 is 5.21. The van der Waals surface area contributed by atoms with E-state index in [1.807, 2.05) is 19.0 Å². The van der Waals surface area contributed by atoms with Crippen LogP contribution in [0, 0.1) is 17.2 Å². The third-order valence-corrected chi connectivity index (χ3v) is 2.61. The Hall–Kier alpha value is -1.38. The zero-order valence-electron chi connectivity index (χ0n) is 10.3.